The Morgan fingerprint density at radius 2 is 2.19 bits per heavy atom. The lowest BCUT2D eigenvalue weighted by Crippen LogP contribution is -2.23. The van der Waals surface area contributed by atoms with Crippen LogP contribution in [0.5, 0.6) is 0 Å². The number of pyridine rings is 1. The molecule has 2 rings (SSSR count). The molecule has 112 valence electrons. The van der Waals surface area contributed by atoms with Crippen LogP contribution in [-0.2, 0) is 13.0 Å². The van der Waals surface area contributed by atoms with E-state index in [9.17, 15) is 4.79 Å². The first-order valence-corrected chi connectivity index (χ1v) is 6.96. The summed E-state index contributed by atoms with van der Waals surface area (Å²) >= 11 is 0. The average Bonchev–Trinajstić information content (AvgIpc) is 2.93. The molecule has 2 aromatic rings. The molecule has 1 N–H and O–H groups in total. The SMILES string of the molecule is CCCc1cc(CNC(=O)c2ccc(N(C)C)nc2)on1. The molecule has 0 aromatic carbocycles. The second-order valence-corrected chi connectivity index (χ2v) is 5.02. The molecule has 6 heteroatoms. The van der Waals surface area contributed by atoms with Crippen LogP contribution in [0.25, 0.3) is 0 Å². The van der Waals surface area contributed by atoms with Gasteiger partial charge in [-0.1, -0.05) is 18.5 Å². The Labute approximate surface area is 124 Å². The van der Waals surface area contributed by atoms with Crippen molar-refractivity contribution < 1.29 is 9.32 Å². The molecule has 0 aliphatic carbocycles. The minimum Gasteiger partial charge on any atom is -0.363 e. The van der Waals surface area contributed by atoms with Gasteiger partial charge in [-0.3, -0.25) is 4.79 Å². The molecule has 0 saturated heterocycles. The Morgan fingerprint density at radius 3 is 2.81 bits per heavy atom. The van der Waals surface area contributed by atoms with E-state index < -0.39 is 0 Å². The number of aryl methyl sites for hydroxylation is 1. The van der Waals surface area contributed by atoms with Gasteiger partial charge in [0, 0.05) is 26.4 Å². The predicted octanol–water partition coefficient (Wildman–Crippen LogP) is 2.02. The van der Waals surface area contributed by atoms with Crippen molar-refractivity contribution in [2.24, 2.45) is 0 Å². The fourth-order valence-corrected chi connectivity index (χ4v) is 1.87. The van der Waals surface area contributed by atoms with E-state index in [0.717, 1.165) is 24.4 Å². The Bertz CT molecular complexity index is 590. The minimum absolute atomic E-state index is 0.179. The summed E-state index contributed by atoms with van der Waals surface area (Å²) in [7, 11) is 3.81. The number of anilines is 1. The lowest BCUT2D eigenvalue weighted by atomic mass is 10.2. The lowest BCUT2D eigenvalue weighted by Gasteiger charge is -2.11. The normalized spacial score (nSPS) is 10.4. The van der Waals surface area contributed by atoms with Crippen LogP contribution in [0.2, 0.25) is 0 Å². The third kappa shape index (κ3) is 4.05. The first kappa shape index (κ1) is 15.0. The van der Waals surface area contributed by atoms with E-state index in [1.54, 1.807) is 12.3 Å². The monoisotopic (exact) mass is 288 g/mol. The number of carbonyl (C=O) groups excluding carboxylic acids is 1. The van der Waals surface area contributed by atoms with Crippen LogP contribution in [0.3, 0.4) is 0 Å². The van der Waals surface area contributed by atoms with Crippen LogP contribution in [0, 0.1) is 0 Å². The molecule has 2 heterocycles. The number of nitrogens with zero attached hydrogens (tertiary/aromatic N) is 3. The Hall–Kier alpha value is -2.37. The van der Waals surface area contributed by atoms with Crippen LogP contribution < -0.4 is 10.2 Å². The van der Waals surface area contributed by atoms with E-state index in [4.69, 9.17) is 4.52 Å². The van der Waals surface area contributed by atoms with Crippen molar-refractivity contribution in [1.82, 2.24) is 15.5 Å². The Balaban J connectivity index is 1.91. The Morgan fingerprint density at radius 1 is 1.38 bits per heavy atom. The van der Waals surface area contributed by atoms with Crippen molar-refractivity contribution in [3.8, 4) is 0 Å². The minimum atomic E-state index is -0.179. The van der Waals surface area contributed by atoms with Crippen molar-refractivity contribution in [2.45, 2.75) is 26.3 Å². The zero-order chi connectivity index (χ0) is 15.2. The molecular weight excluding hydrogens is 268 g/mol. The third-order valence-corrected chi connectivity index (χ3v) is 3.01. The highest BCUT2D eigenvalue weighted by Crippen LogP contribution is 2.09. The zero-order valence-electron chi connectivity index (χ0n) is 12.6. The fraction of sp³-hybridized carbons (Fsp3) is 0.400. The van der Waals surface area contributed by atoms with Crippen molar-refractivity contribution in [1.29, 1.82) is 0 Å². The molecule has 6 nitrogen and oxygen atoms in total. The number of aromatic nitrogens is 2. The fourth-order valence-electron chi connectivity index (χ4n) is 1.87. The van der Waals surface area contributed by atoms with Gasteiger partial charge in [-0.2, -0.15) is 0 Å². The molecule has 0 spiro atoms. The van der Waals surface area contributed by atoms with Gasteiger partial charge >= 0.3 is 0 Å². The van der Waals surface area contributed by atoms with E-state index in [0.29, 0.717) is 17.9 Å². The van der Waals surface area contributed by atoms with Gasteiger partial charge < -0.3 is 14.7 Å². The van der Waals surface area contributed by atoms with E-state index in [1.165, 1.54) is 0 Å². The van der Waals surface area contributed by atoms with Crippen LogP contribution in [-0.4, -0.2) is 30.1 Å². The van der Waals surface area contributed by atoms with Crippen LogP contribution in [0.4, 0.5) is 5.82 Å². The topological polar surface area (TPSA) is 71.3 Å². The van der Waals surface area contributed by atoms with Crippen molar-refractivity contribution in [3.05, 3.63) is 41.4 Å². The smallest absolute Gasteiger partial charge is 0.253 e. The summed E-state index contributed by atoms with van der Waals surface area (Å²) in [6, 6.07) is 5.43. The van der Waals surface area contributed by atoms with E-state index >= 15 is 0 Å². The molecule has 0 saturated carbocycles. The van der Waals surface area contributed by atoms with Gasteiger partial charge in [0.1, 0.15) is 5.82 Å². The van der Waals surface area contributed by atoms with Gasteiger partial charge in [0.05, 0.1) is 17.8 Å². The molecule has 2 aromatic heterocycles. The largest absolute Gasteiger partial charge is 0.363 e. The first-order valence-electron chi connectivity index (χ1n) is 6.96. The van der Waals surface area contributed by atoms with Gasteiger partial charge in [-0.25, -0.2) is 4.98 Å². The molecule has 0 aliphatic rings. The summed E-state index contributed by atoms with van der Waals surface area (Å²) < 4.78 is 5.17. The van der Waals surface area contributed by atoms with Crippen molar-refractivity contribution >= 4 is 11.7 Å². The quantitative estimate of drug-likeness (QED) is 0.880. The van der Waals surface area contributed by atoms with E-state index in [1.807, 2.05) is 31.1 Å². The molecular formula is C15H20N4O2. The summed E-state index contributed by atoms with van der Waals surface area (Å²) in [4.78, 5) is 18.1. The number of rotatable bonds is 6. The molecule has 1 amide bonds. The molecule has 0 atom stereocenters. The summed E-state index contributed by atoms with van der Waals surface area (Å²) in [5, 5.41) is 6.74. The molecule has 0 fully saturated rings. The zero-order valence-corrected chi connectivity index (χ0v) is 12.6. The molecule has 0 radical (unpaired) electrons. The molecule has 0 bridgehead atoms. The summed E-state index contributed by atoms with van der Waals surface area (Å²) in [6.07, 6.45) is 3.46. The van der Waals surface area contributed by atoms with E-state index in [2.05, 4.69) is 22.4 Å². The summed E-state index contributed by atoms with van der Waals surface area (Å²) in [6.45, 7) is 2.41. The number of carbonyl (C=O) groups is 1. The maximum atomic E-state index is 12.0. The number of nitrogens with one attached hydrogen (secondary N) is 1. The van der Waals surface area contributed by atoms with Gasteiger partial charge in [-0.05, 0) is 18.6 Å². The van der Waals surface area contributed by atoms with Gasteiger partial charge in [0.15, 0.2) is 5.76 Å². The van der Waals surface area contributed by atoms with Crippen LogP contribution in [0.1, 0.15) is 35.2 Å². The van der Waals surface area contributed by atoms with Gasteiger partial charge in [0.25, 0.3) is 5.91 Å². The van der Waals surface area contributed by atoms with Gasteiger partial charge in [0.2, 0.25) is 0 Å². The third-order valence-electron chi connectivity index (χ3n) is 3.01. The van der Waals surface area contributed by atoms with Crippen molar-refractivity contribution in [2.75, 3.05) is 19.0 Å². The number of amides is 1. The average molecular weight is 288 g/mol. The number of hydrogen-bond donors (Lipinski definition) is 1. The maximum Gasteiger partial charge on any atom is 0.253 e. The highest BCUT2D eigenvalue weighted by molar-refractivity contribution is 5.93. The highest BCUT2D eigenvalue weighted by atomic mass is 16.5. The Kier molecular flexibility index (Phi) is 4.92. The first-order chi connectivity index (χ1) is 10.1. The second kappa shape index (κ2) is 6.88. The summed E-state index contributed by atoms with van der Waals surface area (Å²) in [5.74, 6) is 1.29. The number of hydrogen-bond acceptors (Lipinski definition) is 5. The second-order valence-electron chi connectivity index (χ2n) is 5.02. The molecule has 21 heavy (non-hydrogen) atoms. The summed E-state index contributed by atoms with van der Waals surface area (Å²) in [5.41, 5.74) is 1.44. The standard InChI is InChI=1S/C15H20N4O2/c1-4-5-12-8-13(21-18-12)10-17-15(20)11-6-7-14(16-9-11)19(2)3/h6-9H,4-5,10H2,1-3H3,(H,17,20). The highest BCUT2D eigenvalue weighted by Gasteiger charge is 2.09. The van der Waals surface area contributed by atoms with Crippen LogP contribution in [0.15, 0.2) is 28.9 Å². The molecule has 0 aliphatic heterocycles. The maximum absolute atomic E-state index is 12.0. The molecule has 0 unspecified atom stereocenters. The van der Waals surface area contributed by atoms with Crippen molar-refractivity contribution in [3.63, 3.8) is 0 Å². The predicted molar refractivity (Wildman–Crippen MR) is 80.2 cm³/mol. The van der Waals surface area contributed by atoms with E-state index in [-0.39, 0.29) is 5.91 Å². The van der Waals surface area contributed by atoms with Crippen LogP contribution >= 0.6 is 0 Å². The lowest BCUT2D eigenvalue weighted by molar-refractivity contribution is 0.0946. The van der Waals surface area contributed by atoms with Gasteiger partial charge in [-0.15, -0.1) is 0 Å².